The van der Waals surface area contributed by atoms with Crippen molar-refractivity contribution in [1.82, 2.24) is 10.3 Å². The van der Waals surface area contributed by atoms with Crippen LogP contribution in [0.5, 0.6) is 0 Å². The van der Waals surface area contributed by atoms with Gasteiger partial charge in [0.2, 0.25) is 0 Å². The van der Waals surface area contributed by atoms with Gasteiger partial charge in [-0.3, -0.25) is 0 Å². The first-order chi connectivity index (χ1) is 8.20. The van der Waals surface area contributed by atoms with Crippen LogP contribution in [-0.2, 0) is 6.54 Å². The van der Waals surface area contributed by atoms with E-state index in [0.717, 1.165) is 29.4 Å². The van der Waals surface area contributed by atoms with Crippen molar-refractivity contribution >= 4 is 11.3 Å². The molecule has 0 amide bonds. The highest BCUT2D eigenvalue weighted by molar-refractivity contribution is 7.13. The molecule has 90 valence electrons. The van der Waals surface area contributed by atoms with E-state index in [1.165, 1.54) is 17.4 Å². The van der Waals surface area contributed by atoms with Gasteiger partial charge in [-0.05, 0) is 25.6 Å². The summed E-state index contributed by atoms with van der Waals surface area (Å²) in [4.78, 5) is 4.44. The molecule has 2 aromatic rings. The molecule has 0 saturated heterocycles. The summed E-state index contributed by atoms with van der Waals surface area (Å²) in [5, 5.41) is 5.93. The quantitative estimate of drug-likeness (QED) is 0.900. The summed E-state index contributed by atoms with van der Waals surface area (Å²) in [6.45, 7) is 5.65. The molecule has 0 unspecified atom stereocenters. The molecule has 0 saturated carbocycles. The summed E-state index contributed by atoms with van der Waals surface area (Å²) in [6, 6.07) is 5.10. The van der Waals surface area contributed by atoms with E-state index in [4.69, 9.17) is 0 Å². The number of thiazole rings is 1. The molecule has 1 aromatic carbocycles. The Bertz CT molecular complexity index is 508. The highest BCUT2D eigenvalue weighted by atomic mass is 32.1. The molecule has 1 N–H and O–H groups in total. The number of aryl methyl sites for hydroxylation is 1. The first kappa shape index (κ1) is 12.2. The van der Waals surface area contributed by atoms with Gasteiger partial charge in [-0.2, -0.15) is 0 Å². The number of rotatable bonds is 4. The lowest BCUT2D eigenvalue weighted by molar-refractivity contribution is 0.630. The van der Waals surface area contributed by atoms with E-state index in [-0.39, 0.29) is 5.82 Å². The van der Waals surface area contributed by atoms with Crippen molar-refractivity contribution < 1.29 is 4.39 Å². The van der Waals surface area contributed by atoms with Crippen LogP contribution in [0.25, 0.3) is 10.6 Å². The number of benzene rings is 1. The Labute approximate surface area is 105 Å². The van der Waals surface area contributed by atoms with Crippen LogP contribution in [0.15, 0.2) is 23.6 Å². The fraction of sp³-hybridized carbons (Fsp3) is 0.308. The van der Waals surface area contributed by atoms with Gasteiger partial charge in [-0.25, -0.2) is 9.37 Å². The molecule has 0 fully saturated rings. The Balaban J connectivity index is 2.27. The number of nitrogens with zero attached hydrogens (tertiary/aromatic N) is 1. The molecule has 0 aliphatic heterocycles. The van der Waals surface area contributed by atoms with Gasteiger partial charge in [0.25, 0.3) is 0 Å². The van der Waals surface area contributed by atoms with Crippen LogP contribution in [0.3, 0.4) is 0 Å². The minimum absolute atomic E-state index is 0.208. The van der Waals surface area contributed by atoms with Gasteiger partial charge in [0, 0.05) is 17.5 Å². The summed E-state index contributed by atoms with van der Waals surface area (Å²) >= 11 is 1.48. The smallest absolute Gasteiger partial charge is 0.133 e. The third kappa shape index (κ3) is 2.90. The summed E-state index contributed by atoms with van der Waals surface area (Å²) in [5.41, 5.74) is 2.61. The maximum atomic E-state index is 13.7. The number of hydrogen-bond acceptors (Lipinski definition) is 3. The summed E-state index contributed by atoms with van der Waals surface area (Å²) in [7, 11) is 0. The third-order valence-electron chi connectivity index (χ3n) is 2.46. The van der Waals surface area contributed by atoms with E-state index >= 15 is 0 Å². The Morgan fingerprint density at radius 1 is 1.41 bits per heavy atom. The van der Waals surface area contributed by atoms with Gasteiger partial charge >= 0.3 is 0 Å². The van der Waals surface area contributed by atoms with E-state index < -0.39 is 0 Å². The average molecular weight is 250 g/mol. The molecule has 1 heterocycles. The average Bonchev–Trinajstić information content (AvgIpc) is 2.78. The lowest BCUT2D eigenvalue weighted by Crippen LogP contribution is -2.11. The Kier molecular flexibility index (Phi) is 3.86. The van der Waals surface area contributed by atoms with Gasteiger partial charge < -0.3 is 5.32 Å². The summed E-state index contributed by atoms with van der Waals surface area (Å²) < 4.78 is 13.7. The molecule has 0 bridgehead atoms. The van der Waals surface area contributed by atoms with Crippen molar-refractivity contribution in [3.63, 3.8) is 0 Å². The molecule has 2 rings (SSSR count). The molecule has 0 aliphatic carbocycles. The van der Waals surface area contributed by atoms with Crippen LogP contribution in [0.4, 0.5) is 4.39 Å². The Hall–Kier alpha value is -1.26. The highest BCUT2D eigenvalue weighted by Crippen LogP contribution is 2.27. The molecule has 17 heavy (non-hydrogen) atoms. The molecule has 4 heteroatoms. The van der Waals surface area contributed by atoms with E-state index in [2.05, 4.69) is 10.3 Å². The first-order valence-electron chi connectivity index (χ1n) is 5.62. The lowest BCUT2D eigenvalue weighted by atomic mass is 10.1. The molecule has 0 atom stereocenters. The number of nitrogens with one attached hydrogen (secondary N) is 1. The zero-order valence-electron chi connectivity index (χ0n) is 9.96. The fourth-order valence-corrected chi connectivity index (χ4v) is 2.41. The second kappa shape index (κ2) is 5.38. The standard InChI is InChI=1S/C13H15FN2S/c1-3-15-7-10-8-17-13(16-10)11-6-9(2)4-5-12(11)14/h4-6,8,15H,3,7H2,1-2H3. The van der Waals surface area contributed by atoms with E-state index in [0.29, 0.717) is 5.56 Å². The SMILES string of the molecule is CCNCc1csc(-c2cc(C)ccc2F)n1. The van der Waals surface area contributed by atoms with Crippen LogP contribution < -0.4 is 5.32 Å². The second-order valence-corrected chi connectivity index (χ2v) is 4.77. The maximum absolute atomic E-state index is 13.7. The van der Waals surface area contributed by atoms with Crippen LogP contribution >= 0.6 is 11.3 Å². The van der Waals surface area contributed by atoms with E-state index in [1.54, 1.807) is 6.07 Å². The molecule has 0 spiro atoms. The predicted octanol–water partition coefficient (Wildman–Crippen LogP) is 3.37. The topological polar surface area (TPSA) is 24.9 Å². The largest absolute Gasteiger partial charge is 0.311 e. The number of halogens is 1. The van der Waals surface area contributed by atoms with Crippen LogP contribution in [0, 0.1) is 12.7 Å². The lowest BCUT2D eigenvalue weighted by Gasteiger charge is -2.00. The van der Waals surface area contributed by atoms with Gasteiger partial charge in [0.05, 0.1) is 5.69 Å². The van der Waals surface area contributed by atoms with Crippen molar-refractivity contribution in [1.29, 1.82) is 0 Å². The van der Waals surface area contributed by atoms with Crippen molar-refractivity contribution in [2.45, 2.75) is 20.4 Å². The maximum Gasteiger partial charge on any atom is 0.133 e. The minimum atomic E-state index is -0.208. The van der Waals surface area contributed by atoms with E-state index in [9.17, 15) is 4.39 Å². The van der Waals surface area contributed by atoms with E-state index in [1.807, 2.05) is 25.3 Å². The van der Waals surface area contributed by atoms with Gasteiger partial charge in [0.1, 0.15) is 10.8 Å². The van der Waals surface area contributed by atoms with Gasteiger partial charge in [0.15, 0.2) is 0 Å². The molecular formula is C13H15FN2S. The number of hydrogen-bond donors (Lipinski definition) is 1. The summed E-state index contributed by atoms with van der Waals surface area (Å²) in [5.74, 6) is -0.208. The fourth-order valence-electron chi connectivity index (χ4n) is 1.57. The predicted molar refractivity (Wildman–Crippen MR) is 69.6 cm³/mol. The molecular weight excluding hydrogens is 235 g/mol. The Morgan fingerprint density at radius 2 is 2.24 bits per heavy atom. The van der Waals surface area contributed by atoms with Crippen molar-refractivity contribution in [2.75, 3.05) is 6.54 Å². The monoisotopic (exact) mass is 250 g/mol. The summed E-state index contributed by atoms with van der Waals surface area (Å²) in [6.07, 6.45) is 0. The van der Waals surface area contributed by atoms with Crippen molar-refractivity contribution in [2.24, 2.45) is 0 Å². The van der Waals surface area contributed by atoms with Crippen LogP contribution in [0.1, 0.15) is 18.2 Å². The molecule has 2 nitrogen and oxygen atoms in total. The van der Waals surface area contributed by atoms with Crippen LogP contribution in [-0.4, -0.2) is 11.5 Å². The van der Waals surface area contributed by atoms with Crippen LogP contribution in [0.2, 0.25) is 0 Å². The first-order valence-corrected chi connectivity index (χ1v) is 6.50. The van der Waals surface area contributed by atoms with Gasteiger partial charge in [-0.15, -0.1) is 11.3 Å². The van der Waals surface area contributed by atoms with Crippen molar-refractivity contribution in [3.8, 4) is 10.6 Å². The molecule has 1 aromatic heterocycles. The molecule has 0 radical (unpaired) electrons. The third-order valence-corrected chi connectivity index (χ3v) is 3.38. The second-order valence-electron chi connectivity index (χ2n) is 3.91. The normalized spacial score (nSPS) is 10.8. The zero-order valence-corrected chi connectivity index (χ0v) is 10.8. The zero-order chi connectivity index (χ0) is 12.3. The van der Waals surface area contributed by atoms with Gasteiger partial charge in [-0.1, -0.05) is 18.6 Å². The highest BCUT2D eigenvalue weighted by Gasteiger charge is 2.09. The molecule has 0 aliphatic rings. The Morgan fingerprint density at radius 3 is 3.00 bits per heavy atom. The number of aromatic nitrogens is 1. The minimum Gasteiger partial charge on any atom is -0.311 e. The van der Waals surface area contributed by atoms with Crippen molar-refractivity contribution in [3.05, 3.63) is 40.7 Å².